The third-order valence-corrected chi connectivity index (χ3v) is 1.82. The highest BCUT2D eigenvalue weighted by atomic mass is 16.5. The van der Waals surface area contributed by atoms with Crippen molar-refractivity contribution in [3.8, 4) is 0 Å². The molecule has 1 aromatic rings. The number of aromatic nitrogens is 2. The Labute approximate surface area is 83.7 Å². The summed E-state index contributed by atoms with van der Waals surface area (Å²) in [5.74, 6) is 0. The average molecular weight is 199 g/mol. The quantitative estimate of drug-likeness (QED) is 0.580. The Hall–Kier alpha value is -0.910. The number of aliphatic hydroxyl groups excluding tert-OH is 1. The smallest absolute Gasteiger partial charge is 0.0860 e. The number of rotatable bonds is 7. The first kappa shape index (κ1) is 11.2. The van der Waals surface area contributed by atoms with Gasteiger partial charge >= 0.3 is 0 Å². The fourth-order valence-electron chi connectivity index (χ4n) is 1.13. The minimum Gasteiger partial charge on any atom is -0.390 e. The van der Waals surface area contributed by atoms with Crippen molar-refractivity contribution in [2.24, 2.45) is 0 Å². The van der Waals surface area contributed by atoms with E-state index in [4.69, 9.17) is 4.74 Å². The number of nitrogens with zero attached hydrogens (tertiary/aromatic N) is 2. The van der Waals surface area contributed by atoms with Crippen molar-refractivity contribution >= 4 is 0 Å². The van der Waals surface area contributed by atoms with Crippen LogP contribution in [0, 0.1) is 0 Å². The summed E-state index contributed by atoms with van der Waals surface area (Å²) in [5, 5.41) is 16.6. The molecule has 0 amide bonds. The minimum absolute atomic E-state index is 0.410. The molecule has 1 rings (SSSR count). The lowest BCUT2D eigenvalue weighted by atomic mass is 10.3. The molecule has 0 radical (unpaired) electrons. The summed E-state index contributed by atoms with van der Waals surface area (Å²) in [6.07, 6.45) is 3.12. The van der Waals surface area contributed by atoms with Crippen molar-refractivity contribution in [1.29, 1.82) is 0 Å². The van der Waals surface area contributed by atoms with Gasteiger partial charge in [0, 0.05) is 32.6 Å². The van der Waals surface area contributed by atoms with Gasteiger partial charge in [-0.25, -0.2) is 0 Å². The Morgan fingerprint density at radius 1 is 1.64 bits per heavy atom. The third kappa shape index (κ3) is 4.36. The van der Waals surface area contributed by atoms with E-state index in [1.807, 2.05) is 12.3 Å². The second kappa shape index (κ2) is 6.53. The summed E-state index contributed by atoms with van der Waals surface area (Å²) >= 11 is 0. The molecular formula is C9H17N3O2. The monoisotopic (exact) mass is 199 g/mol. The number of methoxy groups -OCH3 is 1. The lowest BCUT2D eigenvalue weighted by molar-refractivity contribution is 0.140. The summed E-state index contributed by atoms with van der Waals surface area (Å²) in [7, 11) is 1.65. The van der Waals surface area contributed by atoms with Gasteiger partial charge in [-0.05, 0) is 6.07 Å². The largest absolute Gasteiger partial charge is 0.390 e. The maximum Gasteiger partial charge on any atom is 0.0860 e. The average Bonchev–Trinajstić information content (AvgIpc) is 2.65. The molecule has 1 aromatic heterocycles. The second-order valence-electron chi connectivity index (χ2n) is 3.08. The summed E-state index contributed by atoms with van der Waals surface area (Å²) in [5.41, 5.74) is 0. The van der Waals surface area contributed by atoms with Crippen LogP contribution in [0.25, 0.3) is 0 Å². The zero-order chi connectivity index (χ0) is 10.2. The molecule has 1 atom stereocenters. The molecule has 5 heteroatoms. The second-order valence-corrected chi connectivity index (χ2v) is 3.08. The van der Waals surface area contributed by atoms with Gasteiger partial charge in [0.05, 0.1) is 19.3 Å². The van der Waals surface area contributed by atoms with Gasteiger partial charge in [0.2, 0.25) is 0 Å². The molecule has 14 heavy (non-hydrogen) atoms. The van der Waals surface area contributed by atoms with Crippen LogP contribution < -0.4 is 5.32 Å². The number of hydrogen-bond donors (Lipinski definition) is 2. The number of nitrogens with one attached hydrogen (secondary N) is 1. The highest BCUT2D eigenvalue weighted by Crippen LogP contribution is 1.89. The van der Waals surface area contributed by atoms with Crippen molar-refractivity contribution < 1.29 is 9.84 Å². The van der Waals surface area contributed by atoms with Crippen molar-refractivity contribution in [2.75, 3.05) is 26.8 Å². The van der Waals surface area contributed by atoms with Crippen LogP contribution in [0.3, 0.4) is 0 Å². The van der Waals surface area contributed by atoms with Crippen molar-refractivity contribution in [3.63, 3.8) is 0 Å². The fraction of sp³-hybridized carbons (Fsp3) is 0.667. The number of aliphatic hydroxyl groups is 1. The van der Waals surface area contributed by atoms with E-state index in [1.165, 1.54) is 0 Å². The Kier molecular flexibility index (Phi) is 5.21. The maximum absolute atomic E-state index is 9.56. The van der Waals surface area contributed by atoms with E-state index in [-0.39, 0.29) is 0 Å². The van der Waals surface area contributed by atoms with E-state index in [9.17, 15) is 5.11 Å². The zero-order valence-electron chi connectivity index (χ0n) is 8.39. The number of ether oxygens (including phenoxy) is 1. The van der Waals surface area contributed by atoms with E-state index in [0.29, 0.717) is 19.7 Å². The highest BCUT2D eigenvalue weighted by Gasteiger charge is 2.03. The zero-order valence-corrected chi connectivity index (χ0v) is 8.39. The molecule has 0 saturated heterocycles. The lowest BCUT2D eigenvalue weighted by Crippen LogP contribution is -2.32. The molecule has 2 N–H and O–H groups in total. The molecule has 0 bridgehead atoms. The minimum atomic E-state index is -0.410. The molecule has 0 spiro atoms. The van der Waals surface area contributed by atoms with Gasteiger partial charge in [-0.15, -0.1) is 0 Å². The first-order chi connectivity index (χ1) is 6.83. The standard InChI is InChI=1S/C9H17N3O2/c1-14-6-4-10-7-9(13)8-12-5-2-3-11-12/h2-3,5,9-10,13H,4,6-8H2,1H3. The van der Waals surface area contributed by atoms with Crippen molar-refractivity contribution in [2.45, 2.75) is 12.6 Å². The van der Waals surface area contributed by atoms with Crippen molar-refractivity contribution in [1.82, 2.24) is 15.1 Å². The fourth-order valence-corrected chi connectivity index (χ4v) is 1.13. The van der Waals surface area contributed by atoms with Gasteiger partial charge in [0.25, 0.3) is 0 Å². The van der Waals surface area contributed by atoms with Gasteiger partial charge in [-0.1, -0.05) is 0 Å². The molecule has 1 heterocycles. The van der Waals surface area contributed by atoms with Gasteiger partial charge in [0.15, 0.2) is 0 Å². The van der Waals surface area contributed by atoms with Crippen LogP contribution >= 0.6 is 0 Å². The highest BCUT2D eigenvalue weighted by molar-refractivity contribution is 4.78. The molecule has 0 aliphatic rings. The first-order valence-electron chi connectivity index (χ1n) is 4.68. The first-order valence-corrected chi connectivity index (χ1v) is 4.68. The third-order valence-electron chi connectivity index (χ3n) is 1.82. The Morgan fingerprint density at radius 3 is 3.14 bits per heavy atom. The van der Waals surface area contributed by atoms with E-state index in [2.05, 4.69) is 10.4 Å². The molecular weight excluding hydrogens is 182 g/mol. The SMILES string of the molecule is COCCNCC(O)Cn1cccn1. The Morgan fingerprint density at radius 2 is 2.50 bits per heavy atom. The van der Waals surface area contributed by atoms with E-state index in [0.717, 1.165) is 6.54 Å². The van der Waals surface area contributed by atoms with Crippen LogP contribution in [0.5, 0.6) is 0 Å². The van der Waals surface area contributed by atoms with Gasteiger partial charge < -0.3 is 15.2 Å². The lowest BCUT2D eigenvalue weighted by Gasteiger charge is -2.11. The van der Waals surface area contributed by atoms with Gasteiger partial charge in [-0.3, -0.25) is 4.68 Å². The van der Waals surface area contributed by atoms with Crippen LogP contribution in [0.1, 0.15) is 0 Å². The van der Waals surface area contributed by atoms with Crippen LogP contribution in [0.2, 0.25) is 0 Å². The van der Waals surface area contributed by atoms with E-state index in [1.54, 1.807) is 18.0 Å². The normalized spacial score (nSPS) is 13.0. The summed E-state index contributed by atoms with van der Waals surface area (Å²) in [4.78, 5) is 0. The molecule has 0 aliphatic heterocycles. The number of hydrogen-bond acceptors (Lipinski definition) is 4. The summed E-state index contributed by atoms with van der Waals surface area (Å²) in [6, 6.07) is 1.84. The van der Waals surface area contributed by atoms with Gasteiger partial charge in [0.1, 0.15) is 0 Å². The molecule has 1 unspecified atom stereocenters. The van der Waals surface area contributed by atoms with Crippen LogP contribution in [0.15, 0.2) is 18.5 Å². The summed E-state index contributed by atoms with van der Waals surface area (Å²) < 4.78 is 6.58. The molecule has 0 aromatic carbocycles. The van der Waals surface area contributed by atoms with Crippen LogP contribution in [-0.4, -0.2) is 47.8 Å². The predicted octanol–water partition coefficient (Wildman–Crippen LogP) is -0.520. The predicted molar refractivity (Wildman–Crippen MR) is 53.0 cm³/mol. The molecule has 0 aliphatic carbocycles. The van der Waals surface area contributed by atoms with Gasteiger partial charge in [-0.2, -0.15) is 5.10 Å². The summed E-state index contributed by atoms with van der Waals surface area (Å²) in [6.45, 7) is 2.50. The van der Waals surface area contributed by atoms with E-state index < -0.39 is 6.10 Å². The van der Waals surface area contributed by atoms with Crippen LogP contribution in [-0.2, 0) is 11.3 Å². The molecule has 0 saturated carbocycles. The molecule has 80 valence electrons. The Balaban J connectivity index is 2.07. The van der Waals surface area contributed by atoms with Crippen LogP contribution in [0.4, 0.5) is 0 Å². The Bertz CT molecular complexity index is 226. The maximum atomic E-state index is 9.56. The molecule has 0 fully saturated rings. The van der Waals surface area contributed by atoms with Crippen molar-refractivity contribution in [3.05, 3.63) is 18.5 Å². The molecule has 5 nitrogen and oxygen atoms in total. The topological polar surface area (TPSA) is 59.3 Å². The van der Waals surface area contributed by atoms with E-state index >= 15 is 0 Å².